The van der Waals surface area contributed by atoms with E-state index in [0.29, 0.717) is 36.9 Å². The van der Waals surface area contributed by atoms with Gasteiger partial charge in [-0.15, -0.1) is 0 Å². The number of rotatable bonds is 5. The number of ether oxygens (including phenoxy) is 1. The van der Waals surface area contributed by atoms with E-state index >= 15 is 0 Å². The Bertz CT molecular complexity index is 1150. The Kier molecular flexibility index (Phi) is 6.81. The Morgan fingerprint density at radius 2 is 1.84 bits per heavy atom. The van der Waals surface area contributed by atoms with Crippen molar-refractivity contribution in [2.75, 3.05) is 18.9 Å². The number of benzene rings is 1. The topological polar surface area (TPSA) is 108 Å². The highest BCUT2D eigenvalue weighted by Crippen LogP contribution is 2.47. The summed E-state index contributed by atoms with van der Waals surface area (Å²) in [6.07, 6.45) is 2.47. The summed E-state index contributed by atoms with van der Waals surface area (Å²) < 4.78 is 33.2. The Morgan fingerprint density at radius 3 is 2.53 bits per heavy atom. The van der Waals surface area contributed by atoms with Gasteiger partial charge in [0.05, 0.1) is 0 Å². The summed E-state index contributed by atoms with van der Waals surface area (Å²) in [4.78, 5) is 54.5. The summed E-state index contributed by atoms with van der Waals surface area (Å²) in [5.41, 5.74) is 0.409. The Hall–Kier alpha value is -3.24. The zero-order valence-corrected chi connectivity index (χ0v) is 21.7. The fourth-order valence-electron chi connectivity index (χ4n) is 6.75. The number of hydrogen-bond acceptors (Lipinski definition) is 5. The van der Waals surface area contributed by atoms with Gasteiger partial charge in [-0.05, 0) is 62.1 Å². The summed E-state index contributed by atoms with van der Waals surface area (Å²) in [6.45, 7) is 1.55. The van der Waals surface area contributed by atoms with E-state index in [1.54, 1.807) is 23.1 Å². The molecule has 4 aliphatic rings. The van der Waals surface area contributed by atoms with Crippen LogP contribution in [0.4, 0.5) is 24.1 Å². The second kappa shape index (κ2) is 9.81. The number of likely N-dealkylation sites (tertiary alicyclic amines) is 1. The maximum absolute atomic E-state index is 13.8. The van der Waals surface area contributed by atoms with Crippen molar-refractivity contribution < 1.29 is 32.7 Å². The highest BCUT2D eigenvalue weighted by atomic mass is 19.3. The van der Waals surface area contributed by atoms with Gasteiger partial charge in [0.2, 0.25) is 17.4 Å². The van der Waals surface area contributed by atoms with Crippen molar-refractivity contribution in [1.82, 2.24) is 15.1 Å². The zero-order valence-electron chi connectivity index (χ0n) is 21.7. The smallest absolute Gasteiger partial charge is 0.418 e. The average molecular weight is 533 g/mol. The largest absolute Gasteiger partial charge is 0.427 e. The van der Waals surface area contributed by atoms with Gasteiger partial charge in [0.1, 0.15) is 6.54 Å². The lowest BCUT2D eigenvalue weighted by molar-refractivity contribution is -0.144. The second-order valence-electron chi connectivity index (χ2n) is 10.9. The molecule has 5 rings (SSSR count). The molecule has 0 radical (unpaired) electrons. The van der Waals surface area contributed by atoms with Gasteiger partial charge < -0.3 is 20.3 Å². The molecule has 206 valence electrons. The number of nitrogens with one attached hydrogen (secondary N) is 2. The minimum atomic E-state index is -2.65. The monoisotopic (exact) mass is 532 g/mol. The molecule has 0 bridgehead atoms. The van der Waals surface area contributed by atoms with Crippen molar-refractivity contribution in [2.24, 2.45) is 5.92 Å². The van der Waals surface area contributed by atoms with Crippen LogP contribution in [0, 0.1) is 5.92 Å². The molecule has 1 saturated carbocycles. The van der Waals surface area contributed by atoms with Crippen LogP contribution in [0.25, 0.3) is 0 Å². The first kappa shape index (κ1) is 26.4. The third kappa shape index (κ3) is 4.49. The highest BCUT2D eigenvalue weighted by Gasteiger charge is 2.59. The van der Waals surface area contributed by atoms with E-state index in [1.165, 1.54) is 7.05 Å². The summed E-state index contributed by atoms with van der Waals surface area (Å²) in [7, 11) is 1.50. The van der Waals surface area contributed by atoms with Crippen molar-refractivity contribution >= 4 is 29.6 Å². The molecule has 2 aliphatic heterocycles. The van der Waals surface area contributed by atoms with E-state index in [-0.39, 0.29) is 49.2 Å². The van der Waals surface area contributed by atoms with Gasteiger partial charge in [-0.3, -0.25) is 9.59 Å². The van der Waals surface area contributed by atoms with Crippen molar-refractivity contribution in [1.29, 1.82) is 0 Å². The minimum Gasteiger partial charge on any atom is -0.427 e. The summed E-state index contributed by atoms with van der Waals surface area (Å²) in [5, 5.41) is 5.16. The first-order chi connectivity index (χ1) is 18.1. The lowest BCUT2D eigenvalue weighted by Gasteiger charge is -2.38. The van der Waals surface area contributed by atoms with Gasteiger partial charge in [-0.1, -0.05) is 13.0 Å². The van der Waals surface area contributed by atoms with Crippen molar-refractivity contribution in [2.45, 2.75) is 88.3 Å². The van der Waals surface area contributed by atoms with Gasteiger partial charge >= 0.3 is 12.1 Å². The molecule has 9 nitrogen and oxygen atoms in total. The number of hydrogen-bond donors (Lipinski definition) is 2. The van der Waals surface area contributed by atoms with Crippen LogP contribution in [-0.4, -0.2) is 65.3 Å². The quantitative estimate of drug-likeness (QED) is 0.592. The van der Waals surface area contributed by atoms with Crippen LogP contribution >= 0.6 is 0 Å². The van der Waals surface area contributed by atoms with E-state index in [0.717, 1.165) is 23.3 Å². The SMILES string of the molecule is CC[C@@H]1CC[C@@H](C2CCC(F)(F)CC2)N1C(=O)CN1C(=O)O[C@@]2(CCc3cc(NC(=O)NC)ccc32)C1=O. The average Bonchev–Trinajstić information content (AvgIpc) is 3.55. The van der Waals surface area contributed by atoms with Gasteiger partial charge in [0.15, 0.2) is 0 Å². The number of amides is 5. The third-order valence-electron chi connectivity index (χ3n) is 8.75. The predicted octanol–water partition coefficient (Wildman–Crippen LogP) is 4.15. The molecule has 2 N–H and O–H groups in total. The van der Waals surface area contributed by atoms with E-state index in [1.807, 2.05) is 6.92 Å². The van der Waals surface area contributed by atoms with Crippen LogP contribution in [0.1, 0.15) is 69.4 Å². The van der Waals surface area contributed by atoms with Crippen LogP contribution in [0.3, 0.4) is 0 Å². The summed E-state index contributed by atoms with van der Waals surface area (Å²) in [5.74, 6) is -3.57. The van der Waals surface area contributed by atoms with E-state index in [4.69, 9.17) is 4.74 Å². The molecular formula is C27H34F2N4O5. The van der Waals surface area contributed by atoms with Crippen LogP contribution in [0.5, 0.6) is 0 Å². The Balaban J connectivity index is 1.32. The third-order valence-corrected chi connectivity index (χ3v) is 8.75. The fraction of sp³-hybridized carbons (Fsp3) is 0.630. The fourth-order valence-corrected chi connectivity index (χ4v) is 6.75. The normalized spacial score (nSPS) is 28.5. The molecule has 1 spiro atoms. The molecule has 2 aliphatic carbocycles. The maximum atomic E-state index is 13.8. The Morgan fingerprint density at radius 1 is 1.11 bits per heavy atom. The molecule has 3 atom stereocenters. The van der Waals surface area contributed by atoms with Crippen LogP contribution < -0.4 is 10.6 Å². The number of halogens is 2. The number of alkyl halides is 2. The predicted molar refractivity (Wildman–Crippen MR) is 134 cm³/mol. The number of anilines is 1. The van der Waals surface area contributed by atoms with E-state index < -0.39 is 30.1 Å². The number of aryl methyl sites for hydroxylation is 1. The number of nitrogens with zero attached hydrogens (tertiary/aromatic N) is 2. The molecule has 0 unspecified atom stereocenters. The number of carbonyl (C=O) groups is 4. The molecule has 5 amide bonds. The molecule has 1 aromatic rings. The van der Waals surface area contributed by atoms with Gasteiger partial charge in [-0.2, -0.15) is 0 Å². The van der Waals surface area contributed by atoms with Crippen LogP contribution in [0.2, 0.25) is 0 Å². The molecule has 3 fully saturated rings. The van der Waals surface area contributed by atoms with Gasteiger partial charge in [0, 0.05) is 49.6 Å². The lowest BCUT2D eigenvalue weighted by Crippen LogP contribution is -2.51. The molecule has 2 saturated heterocycles. The number of carbonyl (C=O) groups excluding carboxylic acids is 4. The van der Waals surface area contributed by atoms with Crippen molar-refractivity contribution in [3.05, 3.63) is 29.3 Å². The van der Waals surface area contributed by atoms with Gasteiger partial charge in [0.25, 0.3) is 5.91 Å². The lowest BCUT2D eigenvalue weighted by atomic mass is 9.81. The number of imide groups is 1. The van der Waals surface area contributed by atoms with E-state index in [2.05, 4.69) is 10.6 Å². The molecule has 11 heteroatoms. The number of fused-ring (bicyclic) bond motifs is 2. The molecule has 1 aromatic carbocycles. The molecule has 2 heterocycles. The van der Waals surface area contributed by atoms with Crippen LogP contribution in [-0.2, 0) is 26.3 Å². The Labute approximate surface area is 220 Å². The maximum Gasteiger partial charge on any atom is 0.418 e. The molecule has 0 aromatic heterocycles. The minimum absolute atomic E-state index is 0.0120. The summed E-state index contributed by atoms with van der Waals surface area (Å²) in [6, 6.07) is 4.48. The van der Waals surface area contributed by atoms with Crippen molar-refractivity contribution in [3.8, 4) is 0 Å². The first-order valence-electron chi connectivity index (χ1n) is 13.4. The van der Waals surface area contributed by atoms with Crippen LogP contribution in [0.15, 0.2) is 18.2 Å². The second-order valence-corrected chi connectivity index (χ2v) is 10.9. The van der Waals surface area contributed by atoms with Gasteiger partial charge in [-0.25, -0.2) is 23.3 Å². The molecular weight excluding hydrogens is 498 g/mol. The van der Waals surface area contributed by atoms with Crippen molar-refractivity contribution in [3.63, 3.8) is 0 Å². The highest BCUT2D eigenvalue weighted by molar-refractivity contribution is 6.06. The summed E-state index contributed by atoms with van der Waals surface area (Å²) >= 11 is 0. The molecule has 38 heavy (non-hydrogen) atoms. The van der Waals surface area contributed by atoms with E-state index in [9.17, 15) is 28.0 Å². The first-order valence-corrected chi connectivity index (χ1v) is 13.4. The number of urea groups is 1. The zero-order chi connectivity index (χ0) is 27.2. The standard InChI is InChI=1S/C27H34F2N4O5/c1-3-19-5-7-21(16-8-11-26(28,29)12-9-16)33(19)22(34)15-32-23(35)27(38-25(32)37)13-10-17-14-18(4-6-20(17)27)31-24(36)30-2/h4,6,14,16,19,21H,3,5,7-13,15H2,1-2H3,(H2,30,31,36)/t19-,21+,27-/m1/s1.